The number of ether oxygens (including phenoxy) is 1. The molecule has 3 aromatic rings. The number of ketones is 1. The molecule has 7 nitrogen and oxygen atoms in total. The van der Waals surface area contributed by atoms with E-state index >= 15 is 0 Å². The van der Waals surface area contributed by atoms with Gasteiger partial charge < -0.3 is 15.0 Å². The first-order valence-electron chi connectivity index (χ1n) is 12.3. The van der Waals surface area contributed by atoms with Crippen LogP contribution in [0.2, 0.25) is 0 Å². The van der Waals surface area contributed by atoms with Gasteiger partial charge in [-0.2, -0.15) is 4.98 Å². The monoisotopic (exact) mass is 471 g/mol. The van der Waals surface area contributed by atoms with Gasteiger partial charge in [-0.05, 0) is 67.6 Å². The lowest BCUT2D eigenvalue weighted by atomic mass is 9.73. The average molecular weight is 472 g/mol. The van der Waals surface area contributed by atoms with Gasteiger partial charge in [0.1, 0.15) is 11.8 Å². The number of benzene rings is 2. The molecule has 1 N–H and O–H groups in total. The fraction of sp³-hybridized carbons (Fsp3) is 0.393. The number of hydrogen-bond acceptors (Lipinski definition) is 6. The quantitative estimate of drug-likeness (QED) is 0.515. The molecule has 1 aromatic heterocycles. The van der Waals surface area contributed by atoms with Gasteiger partial charge in [0.15, 0.2) is 11.6 Å². The van der Waals surface area contributed by atoms with Gasteiger partial charge in [0.2, 0.25) is 5.95 Å². The van der Waals surface area contributed by atoms with Gasteiger partial charge in [-0.15, -0.1) is 5.10 Å². The fourth-order valence-corrected chi connectivity index (χ4v) is 5.26. The molecule has 5 rings (SSSR count). The number of methoxy groups -OCH3 is 1. The molecule has 35 heavy (non-hydrogen) atoms. The first kappa shape index (κ1) is 23.1. The molecule has 1 unspecified atom stereocenters. The molecule has 1 atom stereocenters. The number of nitrogens with zero attached hydrogens (tertiary/aromatic N) is 4. The maximum absolute atomic E-state index is 13.4. The number of carbonyl (C=O) groups excluding carboxylic acids is 1. The molecule has 0 spiro atoms. The summed E-state index contributed by atoms with van der Waals surface area (Å²) in [5.74, 6) is 2.20. The van der Waals surface area contributed by atoms with Gasteiger partial charge in [0.05, 0.1) is 7.11 Å². The number of aromatic nitrogens is 3. The van der Waals surface area contributed by atoms with Crippen LogP contribution in [0.4, 0.5) is 11.6 Å². The summed E-state index contributed by atoms with van der Waals surface area (Å²) in [5, 5.41) is 8.37. The van der Waals surface area contributed by atoms with Gasteiger partial charge >= 0.3 is 0 Å². The van der Waals surface area contributed by atoms with Gasteiger partial charge in [0, 0.05) is 42.0 Å². The van der Waals surface area contributed by atoms with E-state index in [0.29, 0.717) is 18.2 Å². The summed E-state index contributed by atoms with van der Waals surface area (Å²) >= 11 is 0. The SMILES string of the molecule is CCN(CC)c1ccc(-c2nc3n(n2)C(c2cccc(OC)c2)C2=C(CC(C)(C)CC2=O)N3)cc1. The van der Waals surface area contributed by atoms with Crippen molar-refractivity contribution < 1.29 is 9.53 Å². The Labute approximate surface area is 206 Å². The number of hydrogen-bond donors (Lipinski definition) is 1. The van der Waals surface area contributed by atoms with Crippen LogP contribution in [0.5, 0.6) is 5.75 Å². The lowest BCUT2D eigenvalue weighted by Gasteiger charge is -2.38. The maximum Gasteiger partial charge on any atom is 0.226 e. The molecular weight excluding hydrogens is 438 g/mol. The third-order valence-corrected chi connectivity index (χ3v) is 7.00. The second-order valence-corrected chi connectivity index (χ2v) is 10.1. The molecular formula is C28H33N5O2. The Morgan fingerprint density at radius 1 is 1.11 bits per heavy atom. The first-order chi connectivity index (χ1) is 16.8. The zero-order valence-corrected chi connectivity index (χ0v) is 21.1. The highest BCUT2D eigenvalue weighted by atomic mass is 16.5. The predicted molar refractivity (Wildman–Crippen MR) is 139 cm³/mol. The molecule has 2 aliphatic rings. The van der Waals surface area contributed by atoms with E-state index in [0.717, 1.165) is 47.7 Å². The maximum atomic E-state index is 13.4. The summed E-state index contributed by atoms with van der Waals surface area (Å²) in [4.78, 5) is 20.6. The van der Waals surface area contributed by atoms with Crippen LogP contribution in [-0.4, -0.2) is 40.7 Å². The number of carbonyl (C=O) groups is 1. The van der Waals surface area contributed by atoms with Crippen molar-refractivity contribution in [1.29, 1.82) is 0 Å². The van der Waals surface area contributed by atoms with Crippen LogP contribution < -0.4 is 15.0 Å². The molecule has 182 valence electrons. The Balaban J connectivity index is 1.60. The van der Waals surface area contributed by atoms with Crippen molar-refractivity contribution >= 4 is 17.4 Å². The van der Waals surface area contributed by atoms with E-state index in [1.54, 1.807) is 7.11 Å². The molecule has 2 aromatic carbocycles. The van der Waals surface area contributed by atoms with Gasteiger partial charge in [0.25, 0.3) is 0 Å². The normalized spacial score (nSPS) is 18.5. The zero-order valence-electron chi connectivity index (χ0n) is 21.1. The molecule has 1 aliphatic carbocycles. The number of nitrogens with one attached hydrogen (secondary N) is 1. The van der Waals surface area contributed by atoms with E-state index in [4.69, 9.17) is 14.8 Å². The van der Waals surface area contributed by atoms with Crippen LogP contribution in [-0.2, 0) is 4.79 Å². The zero-order chi connectivity index (χ0) is 24.7. The summed E-state index contributed by atoms with van der Waals surface area (Å²) < 4.78 is 7.35. The lowest BCUT2D eigenvalue weighted by molar-refractivity contribution is -0.118. The molecule has 0 radical (unpaired) electrons. The summed E-state index contributed by atoms with van der Waals surface area (Å²) in [7, 11) is 1.65. The first-order valence-corrected chi connectivity index (χ1v) is 12.3. The molecule has 7 heteroatoms. The number of Topliss-reactive ketones (excluding diaryl/α,β-unsaturated/α-hetero) is 1. The third kappa shape index (κ3) is 4.20. The molecule has 0 amide bonds. The molecule has 2 heterocycles. The van der Waals surface area contributed by atoms with Crippen LogP contribution >= 0.6 is 0 Å². The highest BCUT2D eigenvalue weighted by Crippen LogP contribution is 2.46. The van der Waals surface area contributed by atoms with Crippen LogP contribution in [0.15, 0.2) is 59.8 Å². The van der Waals surface area contributed by atoms with Crippen LogP contribution in [0.3, 0.4) is 0 Å². The molecule has 0 saturated heterocycles. The highest BCUT2D eigenvalue weighted by molar-refractivity contribution is 6.00. The Morgan fingerprint density at radius 2 is 1.86 bits per heavy atom. The van der Waals surface area contributed by atoms with Crippen LogP contribution in [0.1, 0.15) is 52.1 Å². The molecule has 1 aliphatic heterocycles. The molecule has 0 saturated carbocycles. The van der Waals surface area contributed by atoms with E-state index < -0.39 is 0 Å². The highest BCUT2D eigenvalue weighted by Gasteiger charge is 2.42. The predicted octanol–water partition coefficient (Wildman–Crippen LogP) is 5.46. The van der Waals surface area contributed by atoms with Crippen molar-refractivity contribution in [3.63, 3.8) is 0 Å². The fourth-order valence-electron chi connectivity index (χ4n) is 5.26. The second kappa shape index (κ2) is 8.87. The van der Waals surface area contributed by atoms with Crippen molar-refractivity contribution in [2.45, 2.75) is 46.6 Å². The summed E-state index contributed by atoms with van der Waals surface area (Å²) in [6.45, 7) is 10.5. The average Bonchev–Trinajstić information content (AvgIpc) is 3.27. The Hall–Kier alpha value is -3.61. The number of rotatable bonds is 6. The van der Waals surface area contributed by atoms with E-state index in [9.17, 15) is 4.79 Å². The Morgan fingerprint density at radius 3 is 2.54 bits per heavy atom. The minimum atomic E-state index is -0.351. The second-order valence-electron chi connectivity index (χ2n) is 10.1. The number of allylic oxidation sites excluding steroid dienone is 2. The molecule has 0 fully saturated rings. The Kier molecular flexibility index (Phi) is 5.87. The van der Waals surface area contributed by atoms with Crippen molar-refractivity contribution in [2.75, 3.05) is 30.4 Å². The van der Waals surface area contributed by atoms with Crippen molar-refractivity contribution in [3.8, 4) is 17.1 Å². The van der Waals surface area contributed by atoms with Crippen LogP contribution in [0.25, 0.3) is 11.4 Å². The Bertz CT molecular complexity index is 1280. The summed E-state index contributed by atoms with van der Waals surface area (Å²) in [6, 6.07) is 15.9. The van der Waals surface area contributed by atoms with E-state index in [1.165, 1.54) is 5.69 Å². The van der Waals surface area contributed by atoms with E-state index in [2.05, 4.69) is 62.2 Å². The van der Waals surface area contributed by atoms with Gasteiger partial charge in [-0.3, -0.25) is 4.79 Å². The minimum Gasteiger partial charge on any atom is -0.497 e. The smallest absolute Gasteiger partial charge is 0.226 e. The van der Waals surface area contributed by atoms with Gasteiger partial charge in [-0.25, -0.2) is 4.68 Å². The minimum absolute atomic E-state index is 0.104. The van der Waals surface area contributed by atoms with Crippen molar-refractivity contribution in [2.24, 2.45) is 5.41 Å². The topological polar surface area (TPSA) is 72.3 Å². The number of anilines is 2. The van der Waals surface area contributed by atoms with Crippen LogP contribution in [0, 0.1) is 5.41 Å². The summed E-state index contributed by atoms with van der Waals surface area (Å²) in [6.07, 6.45) is 1.30. The van der Waals surface area contributed by atoms with E-state index in [-0.39, 0.29) is 17.2 Å². The van der Waals surface area contributed by atoms with Gasteiger partial charge in [-0.1, -0.05) is 26.0 Å². The van der Waals surface area contributed by atoms with Crippen molar-refractivity contribution in [1.82, 2.24) is 14.8 Å². The molecule has 0 bridgehead atoms. The standard InChI is InChI=1S/C28H33N5O2/c1-6-32(7-2)20-13-11-18(12-14-20)26-30-27-29-22-16-28(3,4)17-23(34)24(22)25(33(27)31-26)19-9-8-10-21(15-19)35-5/h8-15,25H,6-7,16-17H2,1-5H3,(H,29,30,31). The lowest BCUT2D eigenvalue weighted by Crippen LogP contribution is -2.36. The third-order valence-electron chi connectivity index (χ3n) is 7.00. The summed E-state index contributed by atoms with van der Waals surface area (Å²) in [5.41, 5.74) is 4.70. The van der Waals surface area contributed by atoms with Crippen molar-refractivity contribution in [3.05, 3.63) is 65.4 Å². The van der Waals surface area contributed by atoms with E-state index in [1.807, 2.05) is 28.9 Å². The number of fused-ring (bicyclic) bond motifs is 1. The largest absolute Gasteiger partial charge is 0.497 e.